The number of ether oxygens (including phenoxy) is 2. The van der Waals surface area contributed by atoms with Gasteiger partial charge >= 0.3 is 0 Å². The third kappa shape index (κ3) is 3.22. The van der Waals surface area contributed by atoms with Crippen molar-refractivity contribution in [2.24, 2.45) is 7.05 Å². The molecule has 1 aromatic heterocycles. The van der Waals surface area contributed by atoms with E-state index in [1.165, 1.54) is 5.69 Å². The molecular formula is C18H23N3O3. The number of hydrogen-bond acceptors (Lipinski definition) is 4. The summed E-state index contributed by atoms with van der Waals surface area (Å²) in [7, 11) is 5.14. The van der Waals surface area contributed by atoms with Gasteiger partial charge in [0.25, 0.3) is 0 Å². The average molecular weight is 329 g/mol. The molecule has 1 aliphatic rings. The normalized spacial score (nSPS) is 16.4. The Morgan fingerprint density at radius 3 is 2.88 bits per heavy atom. The summed E-state index contributed by atoms with van der Waals surface area (Å²) in [4.78, 5) is 12.4. The molecule has 1 N–H and O–H groups in total. The second-order valence-electron chi connectivity index (χ2n) is 6.05. The molecule has 6 nitrogen and oxygen atoms in total. The van der Waals surface area contributed by atoms with Crippen molar-refractivity contribution in [2.75, 3.05) is 14.2 Å². The van der Waals surface area contributed by atoms with Crippen molar-refractivity contribution >= 4 is 5.91 Å². The van der Waals surface area contributed by atoms with E-state index in [4.69, 9.17) is 9.47 Å². The van der Waals surface area contributed by atoms with E-state index in [0.717, 1.165) is 30.4 Å². The SMILES string of the molecule is COc1ccc(CC(=O)N[C@@H]2CCCc3c2cnn3C)cc1OC. The zero-order chi connectivity index (χ0) is 17.1. The molecule has 0 saturated carbocycles. The molecule has 24 heavy (non-hydrogen) atoms. The summed E-state index contributed by atoms with van der Waals surface area (Å²) in [5, 5.41) is 7.46. The Morgan fingerprint density at radius 1 is 1.33 bits per heavy atom. The Bertz CT molecular complexity index is 739. The second kappa shape index (κ2) is 6.95. The van der Waals surface area contributed by atoms with Crippen molar-refractivity contribution in [1.29, 1.82) is 0 Å². The van der Waals surface area contributed by atoms with Crippen LogP contribution in [-0.4, -0.2) is 29.9 Å². The first kappa shape index (κ1) is 16.4. The summed E-state index contributed by atoms with van der Waals surface area (Å²) in [6.45, 7) is 0. The van der Waals surface area contributed by atoms with Gasteiger partial charge in [0, 0.05) is 18.3 Å². The molecule has 1 atom stereocenters. The van der Waals surface area contributed by atoms with Gasteiger partial charge in [-0.25, -0.2) is 0 Å². The molecule has 6 heteroatoms. The molecule has 1 aliphatic carbocycles. The second-order valence-corrected chi connectivity index (χ2v) is 6.05. The van der Waals surface area contributed by atoms with Gasteiger partial charge in [0.05, 0.1) is 32.9 Å². The molecule has 0 radical (unpaired) electrons. The highest BCUT2D eigenvalue weighted by Crippen LogP contribution is 2.30. The van der Waals surface area contributed by atoms with E-state index in [1.807, 2.05) is 36.1 Å². The van der Waals surface area contributed by atoms with Crippen LogP contribution >= 0.6 is 0 Å². The topological polar surface area (TPSA) is 65.4 Å². The summed E-state index contributed by atoms with van der Waals surface area (Å²) >= 11 is 0. The zero-order valence-corrected chi connectivity index (χ0v) is 14.3. The van der Waals surface area contributed by atoms with E-state index in [9.17, 15) is 4.79 Å². The van der Waals surface area contributed by atoms with Crippen molar-refractivity contribution < 1.29 is 14.3 Å². The summed E-state index contributed by atoms with van der Waals surface area (Å²) in [6, 6.07) is 5.60. The van der Waals surface area contributed by atoms with Gasteiger partial charge in [-0.15, -0.1) is 0 Å². The molecule has 128 valence electrons. The number of nitrogens with one attached hydrogen (secondary N) is 1. The van der Waals surface area contributed by atoms with Gasteiger partial charge in [-0.2, -0.15) is 5.10 Å². The Hall–Kier alpha value is -2.50. The van der Waals surface area contributed by atoms with Crippen LogP contribution in [0.5, 0.6) is 11.5 Å². The van der Waals surface area contributed by atoms with E-state index < -0.39 is 0 Å². The fourth-order valence-corrected chi connectivity index (χ4v) is 3.28. The lowest BCUT2D eigenvalue weighted by Crippen LogP contribution is -2.32. The van der Waals surface area contributed by atoms with Crippen molar-refractivity contribution in [3.8, 4) is 11.5 Å². The van der Waals surface area contributed by atoms with Crippen LogP contribution < -0.4 is 14.8 Å². The Labute approximate surface area is 141 Å². The number of benzene rings is 1. The molecule has 0 unspecified atom stereocenters. The van der Waals surface area contributed by atoms with E-state index in [2.05, 4.69) is 10.4 Å². The zero-order valence-electron chi connectivity index (χ0n) is 14.3. The molecule has 0 fully saturated rings. The molecule has 1 amide bonds. The Kier molecular flexibility index (Phi) is 4.74. The van der Waals surface area contributed by atoms with Crippen LogP contribution in [0.3, 0.4) is 0 Å². The molecule has 0 spiro atoms. The van der Waals surface area contributed by atoms with Crippen LogP contribution in [0, 0.1) is 0 Å². The minimum atomic E-state index is 0.00363. The molecular weight excluding hydrogens is 306 g/mol. The lowest BCUT2D eigenvalue weighted by Gasteiger charge is -2.24. The Balaban J connectivity index is 1.68. The summed E-state index contributed by atoms with van der Waals surface area (Å²) in [5.74, 6) is 1.30. The number of nitrogens with zero attached hydrogens (tertiary/aromatic N) is 2. The van der Waals surface area contributed by atoms with E-state index >= 15 is 0 Å². The number of aromatic nitrogens is 2. The Morgan fingerprint density at radius 2 is 2.12 bits per heavy atom. The molecule has 2 aromatic rings. The quantitative estimate of drug-likeness (QED) is 0.913. The standard InChI is InChI=1S/C18H23N3O3/c1-21-15-6-4-5-14(13(15)11-19-21)20-18(22)10-12-7-8-16(23-2)17(9-12)24-3/h7-9,11,14H,4-6,10H2,1-3H3,(H,20,22)/t14-/m1/s1. The highest BCUT2D eigenvalue weighted by Gasteiger charge is 2.24. The number of amides is 1. The van der Waals surface area contributed by atoms with Crippen LogP contribution in [0.4, 0.5) is 0 Å². The van der Waals surface area contributed by atoms with Crippen LogP contribution in [0.1, 0.15) is 35.7 Å². The fraction of sp³-hybridized carbons (Fsp3) is 0.444. The number of carbonyl (C=O) groups is 1. The molecule has 0 saturated heterocycles. The number of hydrogen-bond donors (Lipinski definition) is 1. The molecule has 0 aliphatic heterocycles. The predicted molar refractivity (Wildman–Crippen MR) is 90.3 cm³/mol. The number of methoxy groups -OCH3 is 2. The maximum absolute atomic E-state index is 12.4. The summed E-state index contributed by atoms with van der Waals surface area (Å²) in [5.41, 5.74) is 3.26. The first-order valence-corrected chi connectivity index (χ1v) is 8.13. The number of fused-ring (bicyclic) bond motifs is 1. The van der Waals surface area contributed by atoms with Gasteiger partial charge in [0.1, 0.15) is 0 Å². The van der Waals surface area contributed by atoms with Crippen molar-refractivity contribution in [2.45, 2.75) is 31.7 Å². The van der Waals surface area contributed by atoms with Gasteiger partial charge in [0.15, 0.2) is 11.5 Å². The van der Waals surface area contributed by atoms with Crippen molar-refractivity contribution in [1.82, 2.24) is 15.1 Å². The van der Waals surface area contributed by atoms with Gasteiger partial charge in [0.2, 0.25) is 5.91 Å². The third-order valence-corrected chi connectivity index (χ3v) is 4.52. The van der Waals surface area contributed by atoms with Crippen LogP contribution in [-0.2, 0) is 24.7 Å². The van der Waals surface area contributed by atoms with Crippen molar-refractivity contribution in [3.05, 3.63) is 41.2 Å². The van der Waals surface area contributed by atoms with Crippen LogP contribution in [0.25, 0.3) is 0 Å². The summed E-state index contributed by atoms with van der Waals surface area (Å²) < 4.78 is 12.4. The molecule has 1 aromatic carbocycles. The van der Waals surface area contributed by atoms with E-state index in [1.54, 1.807) is 14.2 Å². The van der Waals surface area contributed by atoms with Gasteiger partial charge in [-0.05, 0) is 37.0 Å². The number of carbonyl (C=O) groups excluding carboxylic acids is 1. The largest absolute Gasteiger partial charge is 0.493 e. The van der Waals surface area contributed by atoms with E-state index in [-0.39, 0.29) is 11.9 Å². The predicted octanol–water partition coefficient (Wildman–Crippen LogP) is 2.17. The maximum Gasteiger partial charge on any atom is 0.224 e. The van der Waals surface area contributed by atoms with Crippen molar-refractivity contribution in [3.63, 3.8) is 0 Å². The van der Waals surface area contributed by atoms with E-state index in [0.29, 0.717) is 17.9 Å². The first-order valence-electron chi connectivity index (χ1n) is 8.13. The van der Waals surface area contributed by atoms with Gasteiger partial charge < -0.3 is 14.8 Å². The van der Waals surface area contributed by atoms with Gasteiger partial charge in [-0.3, -0.25) is 9.48 Å². The highest BCUT2D eigenvalue weighted by atomic mass is 16.5. The summed E-state index contributed by atoms with van der Waals surface area (Å²) in [6.07, 6.45) is 5.22. The van der Waals surface area contributed by atoms with Crippen LogP contribution in [0.2, 0.25) is 0 Å². The minimum Gasteiger partial charge on any atom is -0.493 e. The van der Waals surface area contributed by atoms with Gasteiger partial charge in [-0.1, -0.05) is 6.07 Å². The third-order valence-electron chi connectivity index (χ3n) is 4.52. The fourth-order valence-electron chi connectivity index (χ4n) is 3.28. The first-order chi connectivity index (χ1) is 11.6. The lowest BCUT2D eigenvalue weighted by molar-refractivity contribution is -0.121. The smallest absolute Gasteiger partial charge is 0.224 e. The molecule has 1 heterocycles. The maximum atomic E-state index is 12.4. The minimum absolute atomic E-state index is 0.00363. The molecule has 3 rings (SSSR count). The monoisotopic (exact) mass is 329 g/mol. The molecule has 0 bridgehead atoms. The average Bonchev–Trinajstić information content (AvgIpc) is 2.97. The van der Waals surface area contributed by atoms with Crippen LogP contribution in [0.15, 0.2) is 24.4 Å². The number of rotatable bonds is 5. The highest BCUT2D eigenvalue weighted by molar-refractivity contribution is 5.79. The lowest BCUT2D eigenvalue weighted by atomic mass is 9.93. The number of aryl methyl sites for hydroxylation is 1.